The monoisotopic (exact) mass is 246 g/mol. The zero-order valence-electron chi connectivity index (χ0n) is 10.6. The average molecular weight is 246 g/mol. The van der Waals surface area contributed by atoms with Gasteiger partial charge in [0.25, 0.3) is 0 Å². The van der Waals surface area contributed by atoms with Crippen LogP contribution in [0.15, 0.2) is 0 Å². The molecule has 0 atom stereocenters. The van der Waals surface area contributed by atoms with Crippen molar-refractivity contribution < 1.29 is 19.0 Å². The number of urea groups is 1. The van der Waals surface area contributed by atoms with Gasteiger partial charge in [-0.2, -0.15) is 0 Å². The summed E-state index contributed by atoms with van der Waals surface area (Å²) in [6, 6.07) is -0.0428. The normalized spacial score (nSPS) is 15.8. The molecule has 1 heterocycles. The predicted octanol–water partition coefficient (Wildman–Crippen LogP) is 0.0797. The molecular formula is C11H22N2O4. The van der Waals surface area contributed by atoms with E-state index < -0.39 is 0 Å². The lowest BCUT2D eigenvalue weighted by Crippen LogP contribution is -2.58. The topological polar surface area (TPSA) is 60.0 Å². The predicted molar refractivity (Wildman–Crippen MR) is 63.1 cm³/mol. The molecule has 1 N–H and O–H groups in total. The first-order chi connectivity index (χ1) is 8.27. The van der Waals surface area contributed by atoms with Gasteiger partial charge in [0.2, 0.25) is 0 Å². The number of nitrogens with zero attached hydrogens (tertiary/aromatic N) is 1. The molecule has 0 unspecified atom stereocenters. The number of likely N-dealkylation sites (tertiary alicyclic amines) is 1. The molecular weight excluding hydrogens is 224 g/mol. The highest BCUT2D eigenvalue weighted by molar-refractivity contribution is 5.75. The number of hydrogen-bond acceptors (Lipinski definition) is 4. The van der Waals surface area contributed by atoms with Gasteiger partial charge in [0, 0.05) is 34.0 Å². The molecule has 100 valence electrons. The van der Waals surface area contributed by atoms with E-state index >= 15 is 0 Å². The van der Waals surface area contributed by atoms with E-state index in [1.807, 2.05) is 0 Å². The number of carbonyl (C=O) groups is 1. The Morgan fingerprint density at radius 1 is 1.24 bits per heavy atom. The van der Waals surface area contributed by atoms with E-state index in [2.05, 4.69) is 5.32 Å². The van der Waals surface area contributed by atoms with Crippen LogP contribution in [0.25, 0.3) is 0 Å². The molecule has 0 aromatic heterocycles. The highest BCUT2D eigenvalue weighted by Crippen LogP contribution is 2.11. The molecule has 1 aliphatic heterocycles. The third-order valence-electron chi connectivity index (χ3n) is 2.56. The fraction of sp³-hybridized carbons (Fsp3) is 0.909. The molecule has 0 bridgehead atoms. The molecule has 1 aliphatic rings. The Bertz CT molecular complexity index is 220. The van der Waals surface area contributed by atoms with E-state index in [0.717, 1.165) is 6.42 Å². The van der Waals surface area contributed by atoms with Crippen LogP contribution in [0.4, 0.5) is 4.79 Å². The van der Waals surface area contributed by atoms with Gasteiger partial charge in [-0.05, 0) is 6.42 Å². The fourth-order valence-corrected chi connectivity index (χ4v) is 1.53. The van der Waals surface area contributed by atoms with E-state index in [9.17, 15) is 4.79 Å². The Hall–Kier alpha value is -0.850. The van der Waals surface area contributed by atoms with E-state index in [0.29, 0.717) is 39.5 Å². The SMILES string of the molecule is COCCCOC1CN(C(=O)NCCOC)C1. The van der Waals surface area contributed by atoms with Crippen LogP contribution in [-0.4, -0.2) is 70.7 Å². The molecule has 0 saturated carbocycles. The summed E-state index contributed by atoms with van der Waals surface area (Å²) in [7, 11) is 3.29. The lowest BCUT2D eigenvalue weighted by Gasteiger charge is -2.38. The molecule has 0 aromatic rings. The Balaban J connectivity index is 1.96. The number of hydrogen-bond donors (Lipinski definition) is 1. The summed E-state index contributed by atoms with van der Waals surface area (Å²) in [6.45, 7) is 3.84. The van der Waals surface area contributed by atoms with Crippen molar-refractivity contribution in [3.63, 3.8) is 0 Å². The Labute approximate surface area is 102 Å². The summed E-state index contributed by atoms with van der Waals surface area (Å²) in [5.74, 6) is 0. The Morgan fingerprint density at radius 2 is 1.94 bits per heavy atom. The van der Waals surface area contributed by atoms with Crippen molar-refractivity contribution >= 4 is 6.03 Å². The number of nitrogens with one attached hydrogen (secondary N) is 1. The molecule has 1 rings (SSSR count). The van der Waals surface area contributed by atoms with Gasteiger partial charge in [-0.1, -0.05) is 0 Å². The van der Waals surface area contributed by atoms with Crippen LogP contribution < -0.4 is 5.32 Å². The van der Waals surface area contributed by atoms with Crippen LogP contribution in [-0.2, 0) is 14.2 Å². The van der Waals surface area contributed by atoms with Crippen molar-refractivity contribution in [2.24, 2.45) is 0 Å². The highest BCUT2D eigenvalue weighted by atomic mass is 16.5. The lowest BCUT2D eigenvalue weighted by atomic mass is 10.2. The third-order valence-corrected chi connectivity index (χ3v) is 2.56. The van der Waals surface area contributed by atoms with Crippen LogP contribution in [0.1, 0.15) is 6.42 Å². The van der Waals surface area contributed by atoms with Crippen molar-refractivity contribution in [3.8, 4) is 0 Å². The molecule has 0 aromatic carbocycles. The maximum absolute atomic E-state index is 11.5. The summed E-state index contributed by atoms with van der Waals surface area (Å²) in [6.07, 6.45) is 1.08. The molecule has 6 heteroatoms. The number of rotatable bonds is 8. The molecule has 1 fully saturated rings. The minimum atomic E-state index is -0.0428. The van der Waals surface area contributed by atoms with E-state index in [1.54, 1.807) is 19.1 Å². The minimum absolute atomic E-state index is 0.0428. The van der Waals surface area contributed by atoms with Gasteiger partial charge < -0.3 is 24.4 Å². The minimum Gasteiger partial charge on any atom is -0.385 e. The van der Waals surface area contributed by atoms with Gasteiger partial charge in [0.1, 0.15) is 0 Å². The van der Waals surface area contributed by atoms with E-state index in [1.165, 1.54) is 0 Å². The summed E-state index contributed by atoms with van der Waals surface area (Å²) in [4.78, 5) is 13.2. The summed E-state index contributed by atoms with van der Waals surface area (Å²) in [5.41, 5.74) is 0. The van der Waals surface area contributed by atoms with Crippen LogP contribution in [0.2, 0.25) is 0 Å². The lowest BCUT2D eigenvalue weighted by molar-refractivity contribution is -0.0402. The molecule has 0 spiro atoms. The summed E-state index contributed by atoms with van der Waals surface area (Å²) >= 11 is 0. The Kier molecular flexibility index (Phi) is 6.91. The standard InChI is InChI=1S/C11H22N2O4/c1-15-5-3-6-17-10-8-13(9-10)11(14)12-4-7-16-2/h10H,3-9H2,1-2H3,(H,12,14). The zero-order valence-corrected chi connectivity index (χ0v) is 10.6. The quantitative estimate of drug-likeness (QED) is 0.616. The number of ether oxygens (including phenoxy) is 3. The molecule has 6 nitrogen and oxygen atoms in total. The van der Waals surface area contributed by atoms with E-state index in [4.69, 9.17) is 14.2 Å². The first-order valence-corrected chi connectivity index (χ1v) is 5.90. The van der Waals surface area contributed by atoms with Crippen molar-refractivity contribution in [3.05, 3.63) is 0 Å². The largest absolute Gasteiger partial charge is 0.385 e. The first-order valence-electron chi connectivity index (χ1n) is 5.90. The Morgan fingerprint density at radius 3 is 2.59 bits per heavy atom. The van der Waals surface area contributed by atoms with E-state index in [-0.39, 0.29) is 12.1 Å². The smallest absolute Gasteiger partial charge is 0.317 e. The maximum Gasteiger partial charge on any atom is 0.317 e. The van der Waals surface area contributed by atoms with Crippen LogP contribution in [0.3, 0.4) is 0 Å². The number of methoxy groups -OCH3 is 2. The molecule has 1 saturated heterocycles. The molecule has 0 aliphatic carbocycles. The van der Waals surface area contributed by atoms with Gasteiger partial charge in [-0.25, -0.2) is 4.79 Å². The third kappa shape index (κ3) is 5.34. The number of carbonyl (C=O) groups excluding carboxylic acids is 1. The van der Waals surface area contributed by atoms with Gasteiger partial charge in [-0.3, -0.25) is 0 Å². The van der Waals surface area contributed by atoms with Crippen molar-refractivity contribution in [1.29, 1.82) is 0 Å². The second-order valence-electron chi connectivity index (χ2n) is 3.97. The summed E-state index contributed by atoms with van der Waals surface area (Å²) < 4.78 is 15.3. The maximum atomic E-state index is 11.5. The molecule has 2 amide bonds. The molecule has 0 radical (unpaired) electrons. The fourth-order valence-electron chi connectivity index (χ4n) is 1.53. The van der Waals surface area contributed by atoms with Gasteiger partial charge in [0.05, 0.1) is 25.8 Å². The van der Waals surface area contributed by atoms with Crippen LogP contribution in [0.5, 0.6) is 0 Å². The van der Waals surface area contributed by atoms with Crippen molar-refractivity contribution in [2.45, 2.75) is 12.5 Å². The van der Waals surface area contributed by atoms with Crippen molar-refractivity contribution in [1.82, 2.24) is 10.2 Å². The number of amides is 2. The second kappa shape index (κ2) is 8.27. The summed E-state index contributed by atoms with van der Waals surface area (Å²) in [5, 5.41) is 2.77. The van der Waals surface area contributed by atoms with Crippen molar-refractivity contribution in [2.75, 3.05) is 53.7 Å². The average Bonchev–Trinajstić information content (AvgIpc) is 2.26. The van der Waals surface area contributed by atoms with Crippen LogP contribution in [0, 0.1) is 0 Å². The van der Waals surface area contributed by atoms with Gasteiger partial charge in [-0.15, -0.1) is 0 Å². The van der Waals surface area contributed by atoms with Crippen LogP contribution >= 0.6 is 0 Å². The zero-order chi connectivity index (χ0) is 12.5. The highest BCUT2D eigenvalue weighted by Gasteiger charge is 2.30. The van der Waals surface area contributed by atoms with Gasteiger partial charge in [0.15, 0.2) is 0 Å². The second-order valence-corrected chi connectivity index (χ2v) is 3.97. The molecule has 17 heavy (non-hydrogen) atoms. The first kappa shape index (κ1) is 14.2. The van der Waals surface area contributed by atoms with Gasteiger partial charge >= 0.3 is 6.03 Å².